The molecular weight excluding hydrogens is 338 g/mol. The Bertz CT molecular complexity index is 686. The predicted molar refractivity (Wildman–Crippen MR) is 93.9 cm³/mol. The fourth-order valence-electron chi connectivity index (χ4n) is 4.19. The second-order valence-corrected chi connectivity index (χ2v) is 8.08. The van der Waals surface area contributed by atoms with E-state index in [9.17, 15) is 9.59 Å². The largest absolute Gasteiger partial charge is 0.465 e. The van der Waals surface area contributed by atoms with Gasteiger partial charge in [-0.15, -0.1) is 11.3 Å². The molecule has 1 spiro atoms. The summed E-state index contributed by atoms with van der Waals surface area (Å²) in [6.07, 6.45) is 6.57. The summed E-state index contributed by atoms with van der Waals surface area (Å²) in [6.45, 7) is 3.63. The summed E-state index contributed by atoms with van der Waals surface area (Å²) in [5.74, 6) is -1.23. The van der Waals surface area contributed by atoms with E-state index in [2.05, 4.69) is 6.92 Å². The van der Waals surface area contributed by atoms with Crippen molar-refractivity contribution in [1.82, 2.24) is 4.90 Å². The quantitative estimate of drug-likeness (QED) is 0.426. The van der Waals surface area contributed by atoms with E-state index >= 15 is 0 Å². The van der Waals surface area contributed by atoms with Gasteiger partial charge >= 0.3 is 5.97 Å². The van der Waals surface area contributed by atoms with Crippen LogP contribution in [0.3, 0.4) is 0 Å². The van der Waals surface area contributed by atoms with E-state index in [0.29, 0.717) is 19.7 Å². The molecule has 6 heteroatoms. The van der Waals surface area contributed by atoms with Crippen molar-refractivity contribution in [3.8, 4) is 0 Å². The summed E-state index contributed by atoms with van der Waals surface area (Å²) in [5.41, 5.74) is -0.647. The lowest BCUT2D eigenvalue weighted by Gasteiger charge is -2.22. The number of thiophene rings is 1. The van der Waals surface area contributed by atoms with Crippen LogP contribution < -0.4 is 0 Å². The maximum Gasteiger partial charge on any atom is 0.312 e. The summed E-state index contributed by atoms with van der Waals surface area (Å²) < 4.78 is 11.5. The Balaban J connectivity index is 1.47. The summed E-state index contributed by atoms with van der Waals surface area (Å²) in [7, 11) is 0. The first-order valence-corrected chi connectivity index (χ1v) is 9.87. The average molecular weight is 361 g/mol. The summed E-state index contributed by atoms with van der Waals surface area (Å²) in [5, 5.41) is 2.01. The second kappa shape index (κ2) is 6.57. The minimum Gasteiger partial charge on any atom is -0.465 e. The topological polar surface area (TPSA) is 55.8 Å². The number of amides is 1. The molecule has 0 unspecified atom stereocenters. The van der Waals surface area contributed by atoms with Crippen molar-refractivity contribution < 1.29 is 19.1 Å². The molecule has 4 rings (SSSR count). The molecule has 0 aromatic carbocycles. The van der Waals surface area contributed by atoms with Crippen molar-refractivity contribution in [3.63, 3.8) is 0 Å². The van der Waals surface area contributed by atoms with E-state index in [-0.39, 0.29) is 18.0 Å². The number of carbonyl (C=O) groups is 2. The lowest BCUT2D eigenvalue weighted by Crippen LogP contribution is -2.40. The smallest absolute Gasteiger partial charge is 0.312 e. The summed E-state index contributed by atoms with van der Waals surface area (Å²) >= 11 is 1.64. The van der Waals surface area contributed by atoms with Gasteiger partial charge in [-0.1, -0.05) is 38.0 Å². The number of ether oxygens (including phenoxy) is 2. The molecule has 1 aromatic rings. The molecule has 25 heavy (non-hydrogen) atoms. The maximum atomic E-state index is 13.0. The molecule has 2 fully saturated rings. The molecule has 0 N–H and O–H groups in total. The minimum atomic E-state index is -0.647. The average Bonchev–Trinajstić information content (AvgIpc) is 3.35. The molecule has 0 saturated carbocycles. The Morgan fingerprint density at radius 3 is 3.12 bits per heavy atom. The SMILES string of the molecule is CCCCCOC(=O)[C@@H]1[C@@H]2C=C[C@]3(CN(Cc4cccs4)C(=O)[C@H]13)O2. The first-order valence-electron chi connectivity index (χ1n) is 8.99. The molecule has 1 aromatic heterocycles. The lowest BCUT2D eigenvalue weighted by molar-refractivity contribution is -0.154. The first-order chi connectivity index (χ1) is 12.1. The van der Waals surface area contributed by atoms with Crippen LogP contribution in [-0.4, -0.2) is 41.6 Å². The van der Waals surface area contributed by atoms with Gasteiger partial charge < -0.3 is 14.4 Å². The Hall–Kier alpha value is -1.66. The van der Waals surface area contributed by atoms with Crippen molar-refractivity contribution in [3.05, 3.63) is 34.5 Å². The van der Waals surface area contributed by atoms with Crippen molar-refractivity contribution in [2.75, 3.05) is 13.2 Å². The Morgan fingerprint density at radius 2 is 2.36 bits per heavy atom. The van der Waals surface area contributed by atoms with Gasteiger partial charge in [0.1, 0.15) is 11.5 Å². The lowest BCUT2D eigenvalue weighted by atomic mass is 9.77. The van der Waals surface area contributed by atoms with Gasteiger partial charge in [0, 0.05) is 4.88 Å². The molecule has 4 atom stereocenters. The van der Waals surface area contributed by atoms with Crippen LogP contribution in [0.1, 0.15) is 31.1 Å². The monoisotopic (exact) mass is 361 g/mol. The highest BCUT2D eigenvalue weighted by Gasteiger charge is 2.67. The van der Waals surface area contributed by atoms with E-state index in [4.69, 9.17) is 9.47 Å². The number of hydrogen-bond acceptors (Lipinski definition) is 5. The molecule has 3 aliphatic heterocycles. The Labute approximate surface area is 151 Å². The molecule has 1 amide bonds. The van der Waals surface area contributed by atoms with Gasteiger partial charge in [0.2, 0.25) is 5.91 Å². The molecule has 3 aliphatic rings. The van der Waals surface area contributed by atoms with Crippen LogP contribution in [0.25, 0.3) is 0 Å². The van der Waals surface area contributed by atoms with Gasteiger partial charge in [-0.25, -0.2) is 0 Å². The van der Waals surface area contributed by atoms with Crippen molar-refractivity contribution >= 4 is 23.2 Å². The fraction of sp³-hybridized carbons (Fsp3) is 0.579. The van der Waals surface area contributed by atoms with Crippen LogP contribution in [-0.2, 0) is 25.6 Å². The number of hydrogen-bond donors (Lipinski definition) is 0. The molecule has 4 heterocycles. The van der Waals surface area contributed by atoms with Gasteiger partial charge in [0.05, 0.1) is 31.7 Å². The molecule has 134 valence electrons. The van der Waals surface area contributed by atoms with Crippen LogP contribution in [0, 0.1) is 11.8 Å². The zero-order valence-electron chi connectivity index (χ0n) is 14.3. The number of rotatable bonds is 7. The van der Waals surface area contributed by atoms with Crippen LogP contribution in [0.5, 0.6) is 0 Å². The molecule has 5 nitrogen and oxygen atoms in total. The zero-order chi connectivity index (χ0) is 17.4. The summed E-state index contributed by atoms with van der Waals surface area (Å²) in [6, 6.07) is 4.01. The van der Waals surface area contributed by atoms with Crippen LogP contribution in [0.15, 0.2) is 29.7 Å². The van der Waals surface area contributed by atoms with E-state index in [1.165, 1.54) is 0 Å². The normalized spacial score (nSPS) is 32.4. The third kappa shape index (κ3) is 2.81. The zero-order valence-corrected chi connectivity index (χ0v) is 15.2. The summed E-state index contributed by atoms with van der Waals surface area (Å²) in [4.78, 5) is 28.6. The molecule has 2 bridgehead atoms. The number of fused-ring (bicyclic) bond motifs is 1. The molecule has 2 saturated heterocycles. The molecular formula is C19H23NO4S. The number of likely N-dealkylation sites (tertiary alicyclic amines) is 1. The highest BCUT2D eigenvalue weighted by Crippen LogP contribution is 2.52. The van der Waals surface area contributed by atoms with Gasteiger partial charge in [-0.05, 0) is 17.9 Å². The minimum absolute atomic E-state index is 0.00996. The Morgan fingerprint density at radius 1 is 1.48 bits per heavy atom. The van der Waals surface area contributed by atoms with Gasteiger partial charge in [0.25, 0.3) is 0 Å². The van der Waals surface area contributed by atoms with Crippen molar-refractivity contribution in [2.24, 2.45) is 11.8 Å². The van der Waals surface area contributed by atoms with Crippen molar-refractivity contribution in [2.45, 2.75) is 44.4 Å². The van der Waals surface area contributed by atoms with Gasteiger partial charge in [-0.2, -0.15) is 0 Å². The number of unbranched alkanes of at least 4 members (excludes halogenated alkanes) is 2. The maximum absolute atomic E-state index is 13.0. The van der Waals surface area contributed by atoms with Crippen LogP contribution in [0.4, 0.5) is 0 Å². The third-order valence-electron chi connectivity index (χ3n) is 5.37. The second-order valence-electron chi connectivity index (χ2n) is 7.05. The van der Waals surface area contributed by atoms with Crippen LogP contribution >= 0.6 is 11.3 Å². The van der Waals surface area contributed by atoms with E-state index in [1.807, 2.05) is 34.6 Å². The molecule has 0 aliphatic carbocycles. The standard InChI is InChI=1S/C19H23NO4S/c1-2-3-4-9-23-18(22)15-14-7-8-19(24-14)12-20(17(21)16(15)19)11-13-6-5-10-25-13/h5-8,10,14-16H,2-4,9,11-12H2,1H3/t14-,15+,16-,19+/m0/s1. The van der Waals surface area contributed by atoms with Gasteiger partial charge in [-0.3, -0.25) is 9.59 Å². The number of carbonyl (C=O) groups excluding carboxylic acids is 2. The first kappa shape index (κ1) is 16.8. The van der Waals surface area contributed by atoms with E-state index in [0.717, 1.165) is 24.1 Å². The van der Waals surface area contributed by atoms with E-state index in [1.54, 1.807) is 11.3 Å². The third-order valence-corrected chi connectivity index (χ3v) is 6.23. The number of esters is 1. The van der Waals surface area contributed by atoms with Crippen LogP contribution in [0.2, 0.25) is 0 Å². The van der Waals surface area contributed by atoms with E-state index < -0.39 is 17.4 Å². The highest BCUT2D eigenvalue weighted by molar-refractivity contribution is 7.09. The fourth-order valence-corrected chi connectivity index (χ4v) is 4.91. The predicted octanol–water partition coefficient (Wildman–Crippen LogP) is 2.76. The number of nitrogens with zero attached hydrogens (tertiary/aromatic N) is 1. The molecule has 0 radical (unpaired) electrons. The van der Waals surface area contributed by atoms with Crippen molar-refractivity contribution in [1.29, 1.82) is 0 Å². The van der Waals surface area contributed by atoms with Gasteiger partial charge in [0.15, 0.2) is 0 Å². The Kier molecular flexibility index (Phi) is 4.41. The highest BCUT2D eigenvalue weighted by atomic mass is 32.1.